The number of hydrogen-bond acceptors (Lipinski definition) is 3. The van der Waals surface area contributed by atoms with Crippen molar-refractivity contribution in [1.82, 2.24) is 5.32 Å². The summed E-state index contributed by atoms with van der Waals surface area (Å²) in [5.41, 5.74) is 6.84. The molecule has 0 heterocycles. The number of benzene rings is 1. The number of carbonyl (C=O) groups excluding carboxylic acids is 1. The molecule has 0 saturated heterocycles. The van der Waals surface area contributed by atoms with Gasteiger partial charge in [-0.1, -0.05) is 6.07 Å². The summed E-state index contributed by atoms with van der Waals surface area (Å²) in [6.07, 6.45) is 2.03. The number of anilines is 1. The van der Waals surface area contributed by atoms with Gasteiger partial charge in [-0.25, -0.2) is 0 Å². The van der Waals surface area contributed by atoms with Crippen molar-refractivity contribution < 1.29 is 4.79 Å². The van der Waals surface area contributed by atoms with Crippen molar-refractivity contribution in [2.45, 2.75) is 18.6 Å². The number of amides is 1. The zero-order chi connectivity index (χ0) is 12.2. The summed E-state index contributed by atoms with van der Waals surface area (Å²) in [5.74, 6) is -0.0746. The van der Waals surface area contributed by atoms with Gasteiger partial charge in [0, 0.05) is 22.5 Å². The lowest BCUT2D eigenvalue weighted by Crippen LogP contribution is -2.36. The first-order chi connectivity index (χ1) is 7.44. The van der Waals surface area contributed by atoms with Crippen LogP contribution in [0.25, 0.3) is 0 Å². The normalized spacial score (nSPS) is 10.5. The summed E-state index contributed by atoms with van der Waals surface area (Å²) in [4.78, 5) is 11.8. The molecule has 3 N–H and O–H groups in total. The highest BCUT2D eigenvalue weighted by Gasteiger charge is 2.17. The van der Waals surface area contributed by atoms with Crippen molar-refractivity contribution in [3.63, 3.8) is 0 Å². The van der Waals surface area contributed by atoms with Crippen LogP contribution < -0.4 is 11.1 Å². The number of hydrogen-bond donors (Lipinski definition) is 2. The van der Waals surface area contributed by atoms with Gasteiger partial charge in [0.25, 0.3) is 5.91 Å². The second-order valence-corrected chi connectivity index (χ2v) is 5.79. The Morgan fingerprint density at radius 1 is 1.47 bits per heavy atom. The molecule has 5 heteroatoms. The highest BCUT2D eigenvalue weighted by atomic mass is 35.5. The highest BCUT2D eigenvalue weighted by molar-refractivity contribution is 7.99. The first-order valence-electron chi connectivity index (χ1n) is 5.13. The zero-order valence-corrected chi connectivity index (χ0v) is 12.0. The fourth-order valence-corrected chi connectivity index (χ4v) is 1.36. The summed E-state index contributed by atoms with van der Waals surface area (Å²) in [6, 6.07) is 6.99. The maximum atomic E-state index is 11.8. The molecule has 0 radical (unpaired) electrons. The Morgan fingerprint density at radius 2 is 2.12 bits per heavy atom. The quantitative estimate of drug-likeness (QED) is 0.830. The smallest absolute Gasteiger partial charge is 0.251 e. The number of rotatable bonds is 4. The number of nitrogen functional groups attached to an aromatic ring is 1. The lowest BCUT2D eigenvalue weighted by molar-refractivity contribution is 0.0951. The standard InChI is InChI=1S/C12H18N2OS.ClH/c1-12(2,16-3)8-14-11(15)9-5-4-6-10(13)7-9;/h4-7H,8,13H2,1-3H3,(H,14,15);1H. The van der Waals surface area contributed by atoms with Gasteiger partial charge >= 0.3 is 0 Å². The molecule has 17 heavy (non-hydrogen) atoms. The average molecular weight is 275 g/mol. The van der Waals surface area contributed by atoms with E-state index in [0.29, 0.717) is 17.8 Å². The molecular weight excluding hydrogens is 256 g/mol. The van der Waals surface area contributed by atoms with E-state index >= 15 is 0 Å². The Hall–Kier alpha value is -0.870. The fraction of sp³-hybridized carbons (Fsp3) is 0.417. The summed E-state index contributed by atoms with van der Waals surface area (Å²) in [7, 11) is 0. The summed E-state index contributed by atoms with van der Waals surface area (Å²) < 4.78 is 0.0516. The SMILES string of the molecule is CSC(C)(C)CNC(=O)c1cccc(N)c1.Cl. The van der Waals surface area contributed by atoms with E-state index in [0.717, 1.165) is 0 Å². The van der Waals surface area contributed by atoms with E-state index < -0.39 is 0 Å². The topological polar surface area (TPSA) is 55.1 Å². The van der Waals surface area contributed by atoms with Gasteiger partial charge in [0.1, 0.15) is 0 Å². The molecule has 0 aliphatic carbocycles. The zero-order valence-electron chi connectivity index (χ0n) is 10.3. The van der Waals surface area contributed by atoms with Gasteiger partial charge in [0.2, 0.25) is 0 Å². The monoisotopic (exact) mass is 274 g/mol. The minimum atomic E-state index is -0.0746. The molecule has 1 rings (SSSR count). The van der Waals surface area contributed by atoms with Crippen LogP contribution in [0.1, 0.15) is 24.2 Å². The van der Waals surface area contributed by atoms with Crippen LogP contribution in [0.5, 0.6) is 0 Å². The molecule has 0 fully saturated rings. The van der Waals surface area contributed by atoms with E-state index in [2.05, 4.69) is 19.2 Å². The van der Waals surface area contributed by atoms with Crippen LogP contribution in [0.4, 0.5) is 5.69 Å². The van der Waals surface area contributed by atoms with Crippen LogP contribution in [0.3, 0.4) is 0 Å². The lowest BCUT2D eigenvalue weighted by atomic mass is 10.1. The molecule has 0 aliphatic heterocycles. The third-order valence-electron chi connectivity index (χ3n) is 2.38. The molecule has 3 nitrogen and oxygen atoms in total. The third kappa shape index (κ3) is 5.33. The van der Waals surface area contributed by atoms with E-state index in [9.17, 15) is 4.79 Å². The van der Waals surface area contributed by atoms with Crippen LogP contribution in [0.15, 0.2) is 24.3 Å². The summed E-state index contributed by atoms with van der Waals surface area (Å²) >= 11 is 1.73. The van der Waals surface area contributed by atoms with Gasteiger partial charge in [-0.3, -0.25) is 4.79 Å². The summed E-state index contributed by atoms with van der Waals surface area (Å²) in [5, 5.41) is 2.90. The van der Waals surface area contributed by atoms with Gasteiger partial charge in [0.15, 0.2) is 0 Å². The summed E-state index contributed by atoms with van der Waals surface area (Å²) in [6.45, 7) is 4.83. The van der Waals surface area contributed by atoms with E-state index in [1.807, 2.05) is 6.26 Å². The van der Waals surface area contributed by atoms with Crippen molar-refractivity contribution in [2.24, 2.45) is 0 Å². The number of thioether (sulfide) groups is 1. The number of nitrogens with one attached hydrogen (secondary N) is 1. The van der Waals surface area contributed by atoms with E-state index in [4.69, 9.17) is 5.73 Å². The van der Waals surface area contributed by atoms with Crippen molar-refractivity contribution in [3.05, 3.63) is 29.8 Å². The molecule has 0 spiro atoms. The minimum Gasteiger partial charge on any atom is -0.399 e. The molecule has 1 amide bonds. The Labute approximate surface area is 113 Å². The fourth-order valence-electron chi connectivity index (χ4n) is 1.15. The number of halogens is 1. The second kappa shape index (κ2) is 6.77. The maximum Gasteiger partial charge on any atom is 0.251 e. The van der Waals surface area contributed by atoms with Crippen molar-refractivity contribution in [2.75, 3.05) is 18.5 Å². The van der Waals surface area contributed by atoms with Crippen molar-refractivity contribution >= 4 is 35.8 Å². The second-order valence-electron chi connectivity index (χ2n) is 4.27. The van der Waals surface area contributed by atoms with Gasteiger partial charge in [-0.2, -0.15) is 11.8 Å². The molecule has 0 saturated carbocycles. The van der Waals surface area contributed by atoms with E-state index in [1.165, 1.54) is 0 Å². The molecule has 0 unspecified atom stereocenters. The van der Waals surface area contributed by atoms with E-state index in [-0.39, 0.29) is 23.1 Å². The molecule has 96 valence electrons. The third-order valence-corrected chi connectivity index (χ3v) is 3.63. The minimum absolute atomic E-state index is 0. The van der Waals surface area contributed by atoms with Crippen LogP contribution in [0.2, 0.25) is 0 Å². The molecule has 1 aromatic rings. The Kier molecular flexibility index (Phi) is 6.42. The highest BCUT2D eigenvalue weighted by Crippen LogP contribution is 2.19. The Bertz CT molecular complexity index is 383. The number of nitrogens with two attached hydrogens (primary N) is 1. The molecule has 0 bridgehead atoms. The van der Waals surface area contributed by atoms with Crippen molar-refractivity contribution in [1.29, 1.82) is 0 Å². The Morgan fingerprint density at radius 3 is 2.65 bits per heavy atom. The van der Waals surface area contributed by atoms with Gasteiger partial charge < -0.3 is 11.1 Å². The maximum absolute atomic E-state index is 11.8. The van der Waals surface area contributed by atoms with E-state index in [1.54, 1.807) is 36.0 Å². The first-order valence-corrected chi connectivity index (χ1v) is 6.36. The largest absolute Gasteiger partial charge is 0.399 e. The average Bonchev–Trinajstić information content (AvgIpc) is 2.26. The van der Waals surface area contributed by atoms with Gasteiger partial charge in [-0.15, -0.1) is 12.4 Å². The predicted octanol–water partition coefficient (Wildman–Crippen LogP) is 2.56. The molecular formula is C12H19ClN2OS. The molecule has 0 atom stereocenters. The van der Waals surface area contributed by atoms with Gasteiger partial charge in [-0.05, 0) is 38.3 Å². The molecule has 1 aromatic carbocycles. The van der Waals surface area contributed by atoms with Crippen LogP contribution >= 0.6 is 24.2 Å². The first kappa shape index (κ1) is 16.1. The van der Waals surface area contributed by atoms with Crippen molar-refractivity contribution in [3.8, 4) is 0 Å². The predicted molar refractivity (Wildman–Crippen MR) is 78.0 cm³/mol. The van der Waals surface area contributed by atoms with Gasteiger partial charge in [0.05, 0.1) is 0 Å². The number of carbonyl (C=O) groups is 1. The van der Waals surface area contributed by atoms with Crippen LogP contribution in [-0.4, -0.2) is 23.5 Å². The lowest BCUT2D eigenvalue weighted by Gasteiger charge is -2.22. The molecule has 0 aromatic heterocycles. The Balaban J connectivity index is 0.00000256. The molecule has 0 aliphatic rings. The van der Waals surface area contributed by atoms with Crippen LogP contribution in [0, 0.1) is 0 Å². The van der Waals surface area contributed by atoms with Crippen LogP contribution in [-0.2, 0) is 0 Å².